The van der Waals surface area contributed by atoms with E-state index in [2.05, 4.69) is 5.32 Å². The van der Waals surface area contributed by atoms with Gasteiger partial charge in [0.05, 0.1) is 0 Å². The summed E-state index contributed by atoms with van der Waals surface area (Å²) in [5.41, 5.74) is 4.46. The van der Waals surface area contributed by atoms with E-state index in [-0.39, 0.29) is 5.91 Å². The molecule has 0 bridgehead atoms. The molecular formula is C21H20N2O. The number of amides is 1. The van der Waals surface area contributed by atoms with Crippen LogP contribution in [0.1, 0.15) is 10.4 Å². The van der Waals surface area contributed by atoms with Crippen LogP contribution in [0.25, 0.3) is 11.1 Å². The van der Waals surface area contributed by atoms with Crippen LogP contribution in [0.3, 0.4) is 0 Å². The maximum absolute atomic E-state index is 12.8. The molecule has 0 saturated carbocycles. The molecule has 120 valence electrons. The Hall–Kier alpha value is -3.07. The van der Waals surface area contributed by atoms with Crippen LogP contribution in [0, 0.1) is 0 Å². The summed E-state index contributed by atoms with van der Waals surface area (Å²) >= 11 is 0. The zero-order chi connectivity index (χ0) is 16.9. The number of carbonyl (C=O) groups excluding carboxylic acids is 1. The largest absolute Gasteiger partial charge is 0.378 e. The van der Waals surface area contributed by atoms with Gasteiger partial charge in [-0.05, 0) is 35.4 Å². The average molecular weight is 316 g/mol. The van der Waals surface area contributed by atoms with E-state index in [1.165, 1.54) is 0 Å². The summed E-state index contributed by atoms with van der Waals surface area (Å²) in [4.78, 5) is 14.8. The van der Waals surface area contributed by atoms with Gasteiger partial charge in [0.25, 0.3) is 5.91 Å². The van der Waals surface area contributed by atoms with Crippen molar-refractivity contribution >= 4 is 17.3 Å². The lowest BCUT2D eigenvalue weighted by Gasteiger charge is -2.15. The monoisotopic (exact) mass is 316 g/mol. The quantitative estimate of drug-likeness (QED) is 0.758. The van der Waals surface area contributed by atoms with E-state index in [4.69, 9.17) is 0 Å². The normalized spacial score (nSPS) is 10.2. The Morgan fingerprint density at radius 2 is 1.54 bits per heavy atom. The number of carbonyl (C=O) groups is 1. The molecule has 0 spiro atoms. The molecule has 1 amide bonds. The fourth-order valence-corrected chi connectivity index (χ4v) is 2.61. The third kappa shape index (κ3) is 3.46. The van der Waals surface area contributed by atoms with Gasteiger partial charge in [-0.1, -0.05) is 54.6 Å². The van der Waals surface area contributed by atoms with Gasteiger partial charge >= 0.3 is 0 Å². The summed E-state index contributed by atoms with van der Waals surface area (Å²) in [6, 6.07) is 25.4. The Morgan fingerprint density at radius 1 is 0.833 bits per heavy atom. The second kappa shape index (κ2) is 7.01. The summed E-state index contributed by atoms with van der Waals surface area (Å²) < 4.78 is 0. The molecule has 3 heteroatoms. The number of anilines is 2. The topological polar surface area (TPSA) is 32.3 Å². The van der Waals surface area contributed by atoms with Crippen LogP contribution in [0.4, 0.5) is 11.4 Å². The lowest BCUT2D eigenvalue weighted by Crippen LogP contribution is -2.14. The van der Waals surface area contributed by atoms with Gasteiger partial charge in [-0.3, -0.25) is 4.79 Å². The third-order valence-corrected chi connectivity index (χ3v) is 3.88. The molecule has 0 radical (unpaired) electrons. The molecule has 0 saturated heterocycles. The molecule has 24 heavy (non-hydrogen) atoms. The standard InChI is InChI=1S/C21H20N2O/c1-23(2)18-12-8-11-17(15-18)22-21(24)20-14-7-6-13-19(20)16-9-4-3-5-10-16/h3-15H,1-2H3,(H,22,24). The van der Waals surface area contributed by atoms with Crippen LogP contribution < -0.4 is 10.2 Å². The minimum absolute atomic E-state index is 0.106. The van der Waals surface area contributed by atoms with E-state index in [9.17, 15) is 4.79 Å². The fraction of sp³-hybridized carbons (Fsp3) is 0.0952. The van der Waals surface area contributed by atoms with Crippen molar-refractivity contribution in [1.82, 2.24) is 0 Å². The first-order valence-corrected chi connectivity index (χ1v) is 7.88. The van der Waals surface area contributed by atoms with E-state index >= 15 is 0 Å². The highest BCUT2D eigenvalue weighted by Crippen LogP contribution is 2.25. The van der Waals surface area contributed by atoms with E-state index < -0.39 is 0 Å². The first-order chi connectivity index (χ1) is 11.6. The molecule has 3 aromatic carbocycles. The van der Waals surface area contributed by atoms with Crippen molar-refractivity contribution in [2.45, 2.75) is 0 Å². The maximum Gasteiger partial charge on any atom is 0.256 e. The van der Waals surface area contributed by atoms with E-state index in [0.717, 1.165) is 22.5 Å². The Morgan fingerprint density at radius 3 is 2.29 bits per heavy atom. The predicted molar refractivity (Wildman–Crippen MR) is 101 cm³/mol. The second-order valence-electron chi connectivity index (χ2n) is 5.81. The molecule has 0 aromatic heterocycles. The number of rotatable bonds is 4. The molecule has 0 aliphatic heterocycles. The fourth-order valence-electron chi connectivity index (χ4n) is 2.61. The molecule has 0 atom stereocenters. The average Bonchev–Trinajstić information content (AvgIpc) is 2.62. The molecule has 0 unspecified atom stereocenters. The molecular weight excluding hydrogens is 296 g/mol. The van der Waals surface area contributed by atoms with E-state index in [1.807, 2.05) is 97.9 Å². The Balaban J connectivity index is 1.90. The summed E-state index contributed by atoms with van der Waals surface area (Å²) in [6.07, 6.45) is 0. The number of nitrogens with one attached hydrogen (secondary N) is 1. The number of hydrogen-bond donors (Lipinski definition) is 1. The van der Waals surface area contributed by atoms with Crippen molar-refractivity contribution < 1.29 is 4.79 Å². The Bertz CT molecular complexity index is 841. The van der Waals surface area contributed by atoms with Gasteiger partial charge in [-0.25, -0.2) is 0 Å². The van der Waals surface area contributed by atoms with Crippen LogP contribution >= 0.6 is 0 Å². The molecule has 0 heterocycles. The smallest absolute Gasteiger partial charge is 0.256 e. The first-order valence-electron chi connectivity index (χ1n) is 7.88. The second-order valence-corrected chi connectivity index (χ2v) is 5.81. The van der Waals surface area contributed by atoms with Crippen molar-refractivity contribution in [3.05, 3.63) is 84.4 Å². The van der Waals surface area contributed by atoms with Crippen molar-refractivity contribution in [1.29, 1.82) is 0 Å². The molecule has 0 fully saturated rings. The van der Waals surface area contributed by atoms with Gasteiger partial charge in [0, 0.05) is 31.0 Å². The molecule has 0 aliphatic carbocycles. The van der Waals surface area contributed by atoms with Gasteiger partial charge in [-0.2, -0.15) is 0 Å². The minimum Gasteiger partial charge on any atom is -0.378 e. The van der Waals surface area contributed by atoms with Crippen molar-refractivity contribution in [3.8, 4) is 11.1 Å². The zero-order valence-corrected chi connectivity index (χ0v) is 13.9. The Labute approximate surface area is 142 Å². The minimum atomic E-state index is -0.106. The zero-order valence-electron chi connectivity index (χ0n) is 13.9. The van der Waals surface area contributed by atoms with Crippen molar-refractivity contribution in [2.24, 2.45) is 0 Å². The highest BCUT2D eigenvalue weighted by atomic mass is 16.1. The van der Waals surface area contributed by atoms with Crippen LogP contribution in [0.2, 0.25) is 0 Å². The van der Waals surface area contributed by atoms with Crippen LogP contribution in [-0.2, 0) is 0 Å². The van der Waals surface area contributed by atoms with Gasteiger partial charge in [0.15, 0.2) is 0 Å². The first kappa shape index (κ1) is 15.8. The maximum atomic E-state index is 12.8. The van der Waals surface area contributed by atoms with Crippen LogP contribution in [0.15, 0.2) is 78.9 Å². The summed E-state index contributed by atoms with van der Waals surface area (Å²) in [5, 5.41) is 3.00. The van der Waals surface area contributed by atoms with Crippen molar-refractivity contribution in [2.75, 3.05) is 24.3 Å². The third-order valence-electron chi connectivity index (χ3n) is 3.88. The van der Waals surface area contributed by atoms with Crippen LogP contribution in [-0.4, -0.2) is 20.0 Å². The highest BCUT2D eigenvalue weighted by Gasteiger charge is 2.12. The van der Waals surface area contributed by atoms with E-state index in [1.54, 1.807) is 0 Å². The lowest BCUT2D eigenvalue weighted by molar-refractivity contribution is 0.102. The highest BCUT2D eigenvalue weighted by molar-refractivity contribution is 6.08. The SMILES string of the molecule is CN(C)c1cccc(NC(=O)c2ccccc2-c2ccccc2)c1. The molecule has 3 aromatic rings. The van der Waals surface area contributed by atoms with Gasteiger partial charge < -0.3 is 10.2 Å². The van der Waals surface area contributed by atoms with Gasteiger partial charge in [0.2, 0.25) is 0 Å². The molecule has 1 N–H and O–H groups in total. The molecule has 3 rings (SSSR count). The van der Waals surface area contributed by atoms with Gasteiger partial charge in [-0.15, -0.1) is 0 Å². The van der Waals surface area contributed by atoms with Gasteiger partial charge in [0.1, 0.15) is 0 Å². The number of benzene rings is 3. The molecule has 3 nitrogen and oxygen atoms in total. The predicted octanol–water partition coefficient (Wildman–Crippen LogP) is 4.67. The summed E-state index contributed by atoms with van der Waals surface area (Å²) in [7, 11) is 3.96. The lowest BCUT2D eigenvalue weighted by atomic mass is 9.99. The van der Waals surface area contributed by atoms with E-state index in [0.29, 0.717) is 5.56 Å². The molecule has 0 aliphatic rings. The Kier molecular flexibility index (Phi) is 4.62. The summed E-state index contributed by atoms with van der Waals surface area (Å²) in [5.74, 6) is -0.106. The number of hydrogen-bond acceptors (Lipinski definition) is 2. The number of nitrogens with zero attached hydrogens (tertiary/aromatic N) is 1. The summed E-state index contributed by atoms with van der Waals surface area (Å²) in [6.45, 7) is 0. The van der Waals surface area contributed by atoms with Crippen molar-refractivity contribution in [3.63, 3.8) is 0 Å². The van der Waals surface area contributed by atoms with Crippen LogP contribution in [0.5, 0.6) is 0 Å².